The maximum atomic E-state index is 14.1. The van der Waals surface area contributed by atoms with Gasteiger partial charge in [0, 0.05) is 23.4 Å². The van der Waals surface area contributed by atoms with E-state index in [1.807, 2.05) is 0 Å². The molecule has 2 amide bonds. The molecule has 0 unspecified atom stereocenters. The molecule has 1 fully saturated rings. The van der Waals surface area contributed by atoms with Crippen LogP contribution >= 0.6 is 0 Å². The molecule has 1 aromatic carbocycles. The third-order valence-corrected chi connectivity index (χ3v) is 4.73. The predicted octanol–water partition coefficient (Wildman–Crippen LogP) is 2.91. The van der Waals surface area contributed by atoms with E-state index in [4.69, 9.17) is 15.2 Å². The number of methoxy groups -OCH3 is 1. The number of carbonyl (C=O) groups excluding carboxylic acids is 2. The number of halogens is 5. The first-order chi connectivity index (χ1) is 14.5. The van der Waals surface area contributed by atoms with Crippen LogP contribution in [-0.2, 0) is 9.53 Å². The molecule has 1 aliphatic heterocycles. The van der Waals surface area contributed by atoms with Gasteiger partial charge >= 0.3 is 6.18 Å². The number of carbonyl (C=O) groups is 2. The molecule has 1 saturated heterocycles. The van der Waals surface area contributed by atoms with Crippen LogP contribution in [0.4, 0.5) is 27.6 Å². The Morgan fingerprint density at radius 1 is 1.26 bits per heavy atom. The second-order valence-electron chi connectivity index (χ2n) is 6.70. The van der Waals surface area contributed by atoms with Gasteiger partial charge in [0.05, 0.1) is 7.11 Å². The number of rotatable bonds is 5. The van der Waals surface area contributed by atoms with E-state index in [0.717, 1.165) is 25.3 Å². The van der Waals surface area contributed by atoms with Crippen molar-refractivity contribution in [3.8, 4) is 5.75 Å². The van der Waals surface area contributed by atoms with Crippen LogP contribution in [-0.4, -0.2) is 42.3 Å². The summed E-state index contributed by atoms with van der Waals surface area (Å²) in [5, 5.41) is 2.33. The second kappa shape index (κ2) is 8.46. The summed E-state index contributed by atoms with van der Waals surface area (Å²) in [4.78, 5) is 27.7. The number of primary amides is 1. The highest BCUT2D eigenvalue weighted by Gasteiger charge is 2.52. The molecule has 0 radical (unpaired) electrons. The largest absolute Gasteiger partial charge is 0.493 e. The molecule has 7 nitrogen and oxygen atoms in total. The van der Waals surface area contributed by atoms with E-state index in [1.165, 1.54) is 12.3 Å². The zero-order valence-electron chi connectivity index (χ0n) is 15.9. The SMILES string of the molecule is COc1c([C@H]2C[C@@H](C(F)(F)F)O[C@H]2C(=O)Nc2ccnc(C(N)=O)c2)ccc(F)c1F. The maximum absolute atomic E-state index is 14.1. The van der Waals surface area contributed by atoms with Gasteiger partial charge in [-0.2, -0.15) is 17.6 Å². The minimum atomic E-state index is -4.80. The van der Waals surface area contributed by atoms with E-state index in [-0.39, 0.29) is 16.9 Å². The zero-order valence-corrected chi connectivity index (χ0v) is 15.9. The Hall–Kier alpha value is -3.28. The average molecular weight is 445 g/mol. The van der Waals surface area contributed by atoms with Crippen molar-refractivity contribution in [3.05, 3.63) is 53.4 Å². The zero-order chi connectivity index (χ0) is 22.9. The monoisotopic (exact) mass is 445 g/mol. The van der Waals surface area contributed by atoms with Gasteiger partial charge in [0.2, 0.25) is 5.82 Å². The summed E-state index contributed by atoms with van der Waals surface area (Å²) in [5.74, 6) is -6.44. The first-order valence-electron chi connectivity index (χ1n) is 8.83. The van der Waals surface area contributed by atoms with E-state index in [2.05, 4.69) is 10.3 Å². The van der Waals surface area contributed by atoms with E-state index >= 15 is 0 Å². The van der Waals surface area contributed by atoms with Gasteiger partial charge in [0.1, 0.15) is 11.8 Å². The van der Waals surface area contributed by atoms with E-state index < -0.39 is 59.9 Å². The number of amides is 2. The fourth-order valence-electron chi connectivity index (χ4n) is 3.33. The summed E-state index contributed by atoms with van der Waals surface area (Å²) in [6.07, 6.45) is -8.37. The molecule has 0 saturated carbocycles. The van der Waals surface area contributed by atoms with E-state index in [1.54, 1.807) is 0 Å². The minimum absolute atomic E-state index is 0.0314. The summed E-state index contributed by atoms with van der Waals surface area (Å²) in [5.41, 5.74) is 4.81. The normalized spacial score (nSPS) is 21.0. The lowest BCUT2D eigenvalue weighted by Crippen LogP contribution is -2.34. The number of pyridine rings is 1. The molecule has 31 heavy (non-hydrogen) atoms. The van der Waals surface area contributed by atoms with Crippen LogP contribution in [0, 0.1) is 11.6 Å². The van der Waals surface area contributed by atoms with Crippen molar-refractivity contribution in [1.82, 2.24) is 4.98 Å². The number of ether oxygens (including phenoxy) is 2. The van der Waals surface area contributed by atoms with E-state index in [0.29, 0.717) is 0 Å². The highest BCUT2D eigenvalue weighted by atomic mass is 19.4. The smallest absolute Gasteiger partial charge is 0.414 e. The number of hydrogen-bond acceptors (Lipinski definition) is 5. The number of nitrogens with zero attached hydrogens (tertiary/aromatic N) is 1. The van der Waals surface area contributed by atoms with Crippen molar-refractivity contribution in [2.24, 2.45) is 5.73 Å². The van der Waals surface area contributed by atoms with Crippen molar-refractivity contribution in [1.29, 1.82) is 0 Å². The van der Waals surface area contributed by atoms with Gasteiger partial charge in [-0.05, 0) is 24.6 Å². The second-order valence-corrected chi connectivity index (χ2v) is 6.70. The molecule has 2 heterocycles. The van der Waals surface area contributed by atoms with Crippen molar-refractivity contribution in [2.45, 2.75) is 30.7 Å². The Balaban J connectivity index is 1.96. The van der Waals surface area contributed by atoms with Crippen molar-refractivity contribution < 1.29 is 41.0 Å². The molecule has 0 bridgehead atoms. The number of hydrogen-bond donors (Lipinski definition) is 2. The highest BCUT2D eigenvalue weighted by Crippen LogP contribution is 2.45. The highest BCUT2D eigenvalue weighted by molar-refractivity contribution is 5.97. The fourth-order valence-corrected chi connectivity index (χ4v) is 3.33. The van der Waals surface area contributed by atoms with Crippen LogP contribution in [0.3, 0.4) is 0 Å². The topological polar surface area (TPSA) is 104 Å². The van der Waals surface area contributed by atoms with Gasteiger partial charge < -0.3 is 20.5 Å². The molecule has 166 valence electrons. The summed E-state index contributed by atoms with van der Waals surface area (Å²) in [6.45, 7) is 0. The van der Waals surface area contributed by atoms with Gasteiger partial charge in [-0.15, -0.1) is 0 Å². The van der Waals surface area contributed by atoms with Crippen LogP contribution in [0.5, 0.6) is 5.75 Å². The molecule has 1 aromatic heterocycles. The van der Waals surface area contributed by atoms with E-state index in [9.17, 15) is 31.5 Å². The van der Waals surface area contributed by atoms with Gasteiger partial charge in [0.15, 0.2) is 17.7 Å². The number of aromatic nitrogens is 1. The van der Waals surface area contributed by atoms with Crippen LogP contribution in [0.25, 0.3) is 0 Å². The Kier molecular flexibility index (Phi) is 6.11. The summed E-state index contributed by atoms with van der Waals surface area (Å²) < 4.78 is 77.4. The molecule has 12 heteroatoms. The predicted molar refractivity (Wildman–Crippen MR) is 96.4 cm³/mol. The molecule has 0 spiro atoms. The lowest BCUT2D eigenvalue weighted by molar-refractivity contribution is -0.213. The standard InChI is InChI=1S/C19H16F5N3O4/c1-30-15-9(2-3-11(20)14(15)21)10-7-13(19(22,23)24)31-16(10)18(29)27-8-4-5-26-12(6-8)17(25)28/h2-6,10,13,16H,7H2,1H3,(H2,25,28)(H,26,27,29)/t10-,13+,16-/m1/s1. The Morgan fingerprint density at radius 3 is 2.58 bits per heavy atom. The fraction of sp³-hybridized carbons (Fsp3) is 0.316. The average Bonchev–Trinajstić information content (AvgIpc) is 3.16. The third kappa shape index (κ3) is 4.58. The molecular formula is C19H16F5N3O4. The van der Waals surface area contributed by atoms with Crippen LogP contribution in [0.15, 0.2) is 30.5 Å². The molecule has 0 aliphatic carbocycles. The molecule has 2 aromatic rings. The number of nitrogens with one attached hydrogen (secondary N) is 1. The van der Waals surface area contributed by atoms with Crippen molar-refractivity contribution in [2.75, 3.05) is 12.4 Å². The lowest BCUT2D eigenvalue weighted by atomic mass is 9.89. The maximum Gasteiger partial charge on any atom is 0.414 e. The number of nitrogens with two attached hydrogens (primary N) is 1. The Labute approximate surface area is 172 Å². The molecule has 1 aliphatic rings. The Bertz CT molecular complexity index is 1010. The molecule has 3 N–H and O–H groups in total. The van der Waals surface area contributed by atoms with Gasteiger partial charge in [-0.25, -0.2) is 4.39 Å². The van der Waals surface area contributed by atoms with Crippen molar-refractivity contribution in [3.63, 3.8) is 0 Å². The van der Waals surface area contributed by atoms with Gasteiger partial charge in [-0.3, -0.25) is 14.6 Å². The van der Waals surface area contributed by atoms with Crippen LogP contribution < -0.4 is 15.8 Å². The number of benzene rings is 1. The first kappa shape index (κ1) is 22.4. The first-order valence-corrected chi connectivity index (χ1v) is 8.83. The summed E-state index contributed by atoms with van der Waals surface area (Å²) in [7, 11) is 1.02. The van der Waals surface area contributed by atoms with Crippen LogP contribution in [0.1, 0.15) is 28.4 Å². The third-order valence-electron chi connectivity index (χ3n) is 4.73. The number of alkyl halides is 3. The Morgan fingerprint density at radius 2 is 1.97 bits per heavy atom. The number of anilines is 1. The van der Waals surface area contributed by atoms with Gasteiger partial charge in [0.25, 0.3) is 11.8 Å². The summed E-state index contributed by atoms with van der Waals surface area (Å²) in [6, 6.07) is 4.18. The minimum Gasteiger partial charge on any atom is -0.493 e. The quantitative estimate of drug-likeness (QED) is 0.689. The van der Waals surface area contributed by atoms with Gasteiger partial charge in [-0.1, -0.05) is 6.07 Å². The molecule has 3 atom stereocenters. The molecule has 3 rings (SSSR count). The van der Waals surface area contributed by atoms with Crippen molar-refractivity contribution >= 4 is 17.5 Å². The lowest BCUT2D eigenvalue weighted by Gasteiger charge is -2.21. The van der Waals surface area contributed by atoms with Crippen LogP contribution in [0.2, 0.25) is 0 Å². The summed E-state index contributed by atoms with van der Waals surface area (Å²) >= 11 is 0. The molecular weight excluding hydrogens is 429 g/mol.